The van der Waals surface area contributed by atoms with Crippen LogP contribution in [0, 0.1) is 0 Å². The lowest BCUT2D eigenvalue weighted by atomic mass is 10.1. The molecule has 0 spiro atoms. The minimum absolute atomic E-state index is 0.0425. The number of fused-ring (bicyclic) bond motifs is 1. The zero-order valence-corrected chi connectivity index (χ0v) is 14.6. The third-order valence-electron chi connectivity index (χ3n) is 4.25. The number of aryl methyl sites for hydroxylation is 1. The van der Waals surface area contributed by atoms with Crippen molar-refractivity contribution in [2.24, 2.45) is 0 Å². The highest BCUT2D eigenvalue weighted by atomic mass is 32.2. The third kappa shape index (κ3) is 3.85. The van der Waals surface area contributed by atoms with Crippen LogP contribution in [0.2, 0.25) is 0 Å². The molecular weight excluding hydrogens is 306 g/mol. The highest BCUT2D eigenvalue weighted by Crippen LogP contribution is 2.19. The molecule has 0 amide bonds. The van der Waals surface area contributed by atoms with Crippen molar-refractivity contribution in [1.82, 2.24) is 14.9 Å². The number of rotatable bonds is 5. The summed E-state index contributed by atoms with van der Waals surface area (Å²) in [7, 11) is 0. The van der Waals surface area contributed by atoms with Crippen LogP contribution in [0.4, 0.5) is 0 Å². The molecule has 0 atom stereocenters. The summed E-state index contributed by atoms with van der Waals surface area (Å²) >= 11 is 1.75. The van der Waals surface area contributed by atoms with Crippen molar-refractivity contribution in [3.05, 3.63) is 57.3 Å². The number of H-pyrrole nitrogens is 1. The standard InChI is InChI=1S/C18H23N3OS/c1-3-4-17-19-16-9-10-21(12-15(16)18(22)20-17)11-13-5-7-14(23-2)8-6-13/h5-8H,3-4,9-12H2,1-2H3,(H,19,20,22). The second-order valence-corrected chi connectivity index (χ2v) is 6.88. The summed E-state index contributed by atoms with van der Waals surface area (Å²) in [6.45, 7) is 4.63. The van der Waals surface area contributed by atoms with E-state index in [9.17, 15) is 4.79 Å². The lowest BCUT2D eigenvalue weighted by Crippen LogP contribution is -2.35. The summed E-state index contributed by atoms with van der Waals surface area (Å²) in [4.78, 5) is 23.5. The molecule has 5 heteroatoms. The van der Waals surface area contributed by atoms with Crippen LogP contribution in [0.1, 0.15) is 36.0 Å². The van der Waals surface area contributed by atoms with Crippen LogP contribution in [0.5, 0.6) is 0 Å². The predicted molar refractivity (Wildman–Crippen MR) is 94.9 cm³/mol. The average Bonchev–Trinajstić information content (AvgIpc) is 2.56. The molecule has 1 aliphatic heterocycles. The van der Waals surface area contributed by atoms with Crippen LogP contribution in [-0.2, 0) is 25.9 Å². The Bertz CT molecular complexity index is 724. The molecule has 1 aromatic heterocycles. The van der Waals surface area contributed by atoms with Gasteiger partial charge in [0.05, 0.1) is 11.3 Å². The first-order valence-electron chi connectivity index (χ1n) is 8.16. The van der Waals surface area contributed by atoms with Gasteiger partial charge in [0.15, 0.2) is 0 Å². The van der Waals surface area contributed by atoms with Gasteiger partial charge in [-0.05, 0) is 30.4 Å². The molecule has 3 rings (SSSR count). The maximum atomic E-state index is 12.3. The predicted octanol–water partition coefficient (Wildman–Crippen LogP) is 3.00. The molecule has 1 aliphatic rings. The van der Waals surface area contributed by atoms with Crippen molar-refractivity contribution < 1.29 is 0 Å². The van der Waals surface area contributed by atoms with Crippen LogP contribution >= 0.6 is 11.8 Å². The highest BCUT2D eigenvalue weighted by molar-refractivity contribution is 7.98. The Labute approximate surface area is 141 Å². The maximum absolute atomic E-state index is 12.3. The average molecular weight is 329 g/mol. The van der Waals surface area contributed by atoms with Crippen LogP contribution in [0.25, 0.3) is 0 Å². The molecule has 122 valence electrons. The molecule has 0 fully saturated rings. The number of nitrogens with one attached hydrogen (secondary N) is 1. The number of benzene rings is 1. The summed E-state index contributed by atoms with van der Waals surface area (Å²) < 4.78 is 0. The fourth-order valence-electron chi connectivity index (χ4n) is 3.01. The number of nitrogens with zero attached hydrogens (tertiary/aromatic N) is 2. The monoisotopic (exact) mass is 329 g/mol. The van der Waals surface area contributed by atoms with E-state index in [1.165, 1.54) is 10.5 Å². The number of aromatic amines is 1. The van der Waals surface area contributed by atoms with Crippen molar-refractivity contribution in [1.29, 1.82) is 0 Å². The number of thioether (sulfide) groups is 1. The third-order valence-corrected chi connectivity index (χ3v) is 4.99. The molecule has 0 saturated carbocycles. The smallest absolute Gasteiger partial charge is 0.255 e. The van der Waals surface area contributed by atoms with Gasteiger partial charge in [0.2, 0.25) is 0 Å². The zero-order valence-electron chi connectivity index (χ0n) is 13.8. The summed E-state index contributed by atoms with van der Waals surface area (Å²) in [6, 6.07) is 8.66. The van der Waals surface area contributed by atoms with Gasteiger partial charge >= 0.3 is 0 Å². The van der Waals surface area contributed by atoms with Crippen LogP contribution in [-0.4, -0.2) is 27.7 Å². The lowest BCUT2D eigenvalue weighted by molar-refractivity contribution is 0.241. The van der Waals surface area contributed by atoms with Crippen molar-refractivity contribution in [3.63, 3.8) is 0 Å². The fraction of sp³-hybridized carbons (Fsp3) is 0.444. The van der Waals surface area contributed by atoms with Gasteiger partial charge in [0.25, 0.3) is 5.56 Å². The Morgan fingerprint density at radius 3 is 2.78 bits per heavy atom. The van der Waals surface area contributed by atoms with E-state index >= 15 is 0 Å². The summed E-state index contributed by atoms with van der Waals surface area (Å²) in [5.41, 5.74) is 3.17. The van der Waals surface area contributed by atoms with E-state index in [4.69, 9.17) is 0 Å². The zero-order chi connectivity index (χ0) is 16.2. The number of hydrogen-bond donors (Lipinski definition) is 1. The Morgan fingerprint density at radius 2 is 2.09 bits per heavy atom. The second-order valence-electron chi connectivity index (χ2n) is 6.00. The van der Waals surface area contributed by atoms with Crippen molar-refractivity contribution >= 4 is 11.8 Å². The molecule has 0 unspecified atom stereocenters. The summed E-state index contributed by atoms with van der Waals surface area (Å²) in [6.07, 6.45) is 4.79. The second kappa shape index (κ2) is 7.32. The molecular formula is C18H23N3OS. The van der Waals surface area contributed by atoms with Gasteiger partial charge in [-0.2, -0.15) is 0 Å². The topological polar surface area (TPSA) is 49.0 Å². The molecule has 1 aromatic carbocycles. The van der Waals surface area contributed by atoms with Gasteiger partial charge in [0.1, 0.15) is 5.82 Å². The number of hydrogen-bond acceptors (Lipinski definition) is 4. The minimum Gasteiger partial charge on any atom is -0.310 e. The SMILES string of the molecule is CCCc1nc2c(c(=O)[nH]1)CN(Cc1ccc(SC)cc1)CC2. The quantitative estimate of drug-likeness (QED) is 0.857. The van der Waals surface area contributed by atoms with Crippen molar-refractivity contribution in [2.45, 2.75) is 44.2 Å². The molecule has 1 N–H and O–H groups in total. The van der Waals surface area contributed by atoms with E-state index in [0.29, 0.717) is 6.54 Å². The van der Waals surface area contributed by atoms with Crippen LogP contribution < -0.4 is 5.56 Å². The van der Waals surface area contributed by atoms with Crippen LogP contribution in [0.15, 0.2) is 34.0 Å². The normalized spacial score (nSPS) is 14.7. The first-order chi connectivity index (χ1) is 11.2. The molecule has 0 radical (unpaired) electrons. The van der Waals surface area contributed by atoms with Gasteiger partial charge in [-0.15, -0.1) is 11.8 Å². The molecule has 0 saturated heterocycles. The Balaban J connectivity index is 1.73. The molecule has 2 heterocycles. The van der Waals surface area contributed by atoms with E-state index in [-0.39, 0.29) is 5.56 Å². The first-order valence-corrected chi connectivity index (χ1v) is 9.38. The number of aromatic nitrogens is 2. The largest absolute Gasteiger partial charge is 0.310 e. The fourth-order valence-corrected chi connectivity index (χ4v) is 3.42. The van der Waals surface area contributed by atoms with E-state index in [0.717, 1.165) is 49.4 Å². The highest BCUT2D eigenvalue weighted by Gasteiger charge is 2.21. The first kappa shape index (κ1) is 16.3. The van der Waals surface area contributed by atoms with E-state index < -0.39 is 0 Å². The van der Waals surface area contributed by atoms with Gasteiger partial charge in [-0.3, -0.25) is 9.69 Å². The van der Waals surface area contributed by atoms with Crippen molar-refractivity contribution in [2.75, 3.05) is 12.8 Å². The Kier molecular flexibility index (Phi) is 5.18. The molecule has 23 heavy (non-hydrogen) atoms. The van der Waals surface area contributed by atoms with E-state index in [2.05, 4.69) is 52.3 Å². The molecule has 0 bridgehead atoms. The van der Waals surface area contributed by atoms with Gasteiger partial charge in [0, 0.05) is 37.4 Å². The molecule has 4 nitrogen and oxygen atoms in total. The maximum Gasteiger partial charge on any atom is 0.255 e. The van der Waals surface area contributed by atoms with Crippen molar-refractivity contribution in [3.8, 4) is 0 Å². The van der Waals surface area contributed by atoms with Gasteiger partial charge < -0.3 is 4.98 Å². The minimum atomic E-state index is 0.0425. The summed E-state index contributed by atoms with van der Waals surface area (Å²) in [5, 5.41) is 0. The Hall–Kier alpha value is -1.59. The summed E-state index contributed by atoms with van der Waals surface area (Å²) in [5.74, 6) is 0.831. The molecule has 2 aromatic rings. The van der Waals surface area contributed by atoms with Gasteiger partial charge in [-0.1, -0.05) is 19.1 Å². The van der Waals surface area contributed by atoms with E-state index in [1.54, 1.807) is 11.8 Å². The van der Waals surface area contributed by atoms with Crippen LogP contribution in [0.3, 0.4) is 0 Å². The lowest BCUT2D eigenvalue weighted by Gasteiger charge is -2.27. The van der Waals surface area contributed by atoms with E-state index in [1.807, 2.05) is 0 Å². The molecule has 0 aliphatic carbocycles. The van der Waals surface area contributed by atoms with Gasteiger partial charge in [-0.25, -0.2) is 4.98 Å². The Morgan fingerprint density at radius 1 is 1.30 bits per heavy atom.